The van der Waals surface area contributed by atoms with Crippen molar-refractivity contribution in [3.63, 3.8) is 0 Å². The van der Waals surface area contributed by atoms with Gasteiger partial charge in [-0.15, -0.1) is 0 Å². The van der Waals surface area contributed by atoms with E-state index in [1.54, 1.807) is 31.4 Å². The molecule has 0 saturated carbocycles. The van der Waals surface area contributed by atoms with Gasteiger partial charge in [-0.25, -0.2) is 0 Å². The Labute approximate surface area is 240 Å². The molecular weight excluding hydrogens is 520 g/mol. The summed E-state index contributed by atoms with van der Waals surface area (Å²) < 4.78 is 10.8. The highest BCUT2D eigenvalue weighted by molar-refractivity contribution is 5.98. The summed E-state index contributed by atoms with van der Waals surface area (Å²) in [6.07, 6.45) is 2.02. The van der Waals surface area contributed by atoms with Crippen molar-refractivity contribution < 1.29 is 24.5 Å². The molecule has 3 aromatic carbocycles. The number of nitrogens with one attached hydrogen (secondary N) is 3. The van der Waals surface area contributed by atoms with E-state index in [2.05, 4.69) is 39.9 Å². The standard InChI is InChI=1S/C32H38N4O5/c1-40-29-10-11-30-23(18-29)19-31(35-30)32(39)36-16-13-25(14-17-36)34-24-4-2-22(3-5-24)12-15-33-20-27(38)21-41-28-8-6-26(37)7-9-28/h2-11,18-19,25,27,33-35,37-38H,12-17,20-21H2,1H3/t27-/m0/s1. The van der Waals surface area contributed by atoms with Gasteiger partial charge >= 0.3 is 0 Å². The average molecular weight is 559 g/mol. The second-order valence-corrected chi connectivity index (χ2v) is 10.5. The number of benzene rings is 3. The maximum atomic E-state index is 13.1. The Kier molecular flexibility index (Phi) is 9.28. The fraction of sp³-hybridized carbons (Fsp3) is 0.344. The van der Waals surface area contributed by atoms with Crippen molar-refractivity contribution in [3.05, 3.63) is 84.1 Å². The monoisotopic (exact) mass is 558 g/mol. The van der Waals surface area contributed by atoms with E-state index in [-0.39, 0.29) is 18.3 Å². The summed E-state index contributed by atoms with van der Waals surface area (Å²) in [5.74, 6) is 1.61. The Morgan fingerprint density at radius 3 is 2.49 bits per heavy atom. The van der Waals surface area contributed by atoms with E-state index in [4.69, 9.17) is 9.47 Å². The second-order valence-electron chi connectivity index (χ2n) is 10.5. The molecule has 1 atom stereocenters. The zero-order valence-electron chi connectivity index (χ0n) is 23.3. The molecule has 1 aromatic heterocycles. The Balaban J connectivity index is 0.996. The van der Waals surface area contributed by atoms with Gasteiger partial charge in [0.15, 0.2) is 0 Å². The zero-order valence-corrected chi connectivity index (χ0v) is 23.3. The van der Waals surface area contributed by atoms with Gasteiger partial charge in [-0.2, -0.15) is 0 Å². The number of aliphatic hydroxyl groups excluding tert-OH is 1. The summed E-state index contributed by atoms with van der Waals surface area (Å²) in [6, 6.07) is 22.9. The zero-order chi connectivity index (χ0) is 28.6. The fourth-order valence-corrected chi connectivity index (χ4v) is 5.05. The summed E-state index contributed by atoms with van der Waals surface area (Å²) >= 11 is 0. The first-order chi connectivity index (χ1) is 20.0. The minimum Gasteiger partial charge on any atom is -0.508 e. The maximum Gasteiger partial charge on any atom is 0.270 e. The fourth-order valence-electron chi connectivity index (χ4n) is 5.05. The number of phenolic OH excluding ortho intramolecular Hbond substituents is 1. The molecule has 41 heavy (non-hydrogen) atoms. The molecule has 1 fully saturated rings. The molecule has 9 heteroatoms. The van der Waals surface area contributed by atoms with Gasteiger partial charge in [0.1, 0.15) is 35.7 Å². The number of phenols is 1. The molecule has 0 radical (unpaired) electrons. The van der Waals surface area contributed by atoms with Crippen molar-refractivity contribution >= 4 is 22.5 Å². The van der Waals surface area contributed by atoms with E-state index in [9.17, 15) is 15.0 Å². The number of aromatic hydroxyl groups is 1. The van der Waals surface area contributed by atoms with E-state index >= 15 is 0 Å². The number of aromatic amines is 1. The van der Waals surface area contributed by atoms with Gasteiger partial charge in [0.2, 0.25) is 0 Å². The number of methoxy groups -OCH3 is 1. The highest BCUT2D eigenvalue weighted by Crippen LogP contribution is 2.24. The summed E-state index contributed by atoms with van der Waals surface area (Å²) in [6.45, 7) is 2.80. The summed E-state index contributed by atoms with van der Waals surface area (Å²) in [4.78, 5) is 18.3. The topological polar surface area (TPSA) is 119 Å². The molecule has 216 valence electrons. The molecule has 1 amide bonds. The number of likely N-dealkylation sites (tertiary alicyclic amines) is 1. The number of aliphatic hydroxyl groups is 1. The minimum atomic E-state index is -0.622. The lowest BCUT2D eigenvalue weighted by molar-refractivity contribution is 0.0713. The number of aromatic nitrogens is 1. The van der Waals surface area contributed by atoms with Crippen molar-refractivity contribution in [1.82, 2.24) is 15.2 Å². The molecule has 1 saturated heterocycles. The number of hydrogen-bond donors (Lipinski definition) is 5. The molecule has 5 rings (SSSR count). The van der Waals surface area contributed by atoms with Gasteiger partial charge in [0.25, 0.3) is 5.91 Å². The van der Waals surface area contributed by atoms with E-state index < -0.39 is 6.10 Å². The molecule has 0 unspecified atom stereocenters. The highest BCUT2D eigenvalue weighted by Gasteiger charge is 2.24. The largest absolute Gasteiger partial charge is 0.508 e. The number of carbonyl (C=O) groups is 1. The summed E-state index contributed by atoms with van der Waals surface area (Å²) in [5.41, 5.74) is 3.84. The van der Waals surface area contributed by atoms with Crippen molar-refractivity contribution in [2.45, 2.75) is 31.4 Å². The van der Waals surface area contributed by atoms with Gasteiger partial charge in [-0.05, 0) is 92.0 Å². The van der Waals surface area contributed by atoms with E-state index in [0.717, 1.165) is 48.1 Å². The van der Waals surface area contributed by atoms with Crippen LogP contribution < -0.4 is 20.1 Å². The van der Waals surface area contributed by atoms with Crippen molar-refractivity contribution in [3.8, 4) is 17.2 Å². The number of carbonyl (C=O) groups excluding carboxylic acids is 1. The lowest BCUT2D eigenvalue weighted by Crippen LogP contribution is -2.42. The molecule has 1 aliphatic heterocycles. The predicted molar refractivity (Wildman–Crippen MR) is 160 cm³/mol. The third kappa shape index (κ3) is 7.71. The first-order valence-electron chi connectivity index (χ1n) is 14.1. The van der Waals surface area contributed by atoms with E-state index in [1.165, 1.54) is 5.56 Å². The van der Waals surface area contributed by atoms with Crippen LogP contribution in [0, 0.1) is 0 Å². The first kappa shape index (κ1) is 28.3. The second kappa shape index (κ2) is 13.4. The number of ether oxygens (including phenoxy) is 2. The molecule has 5 N–H and O–H groups in total. The summed E-state index contributed by atoms with van der Waals surface area (Å²) in [5, 5.41) is 27.3. The van der Waals surface area contributed by atoms with Crippen LogP contribution in [0.5, 0.6) is 17.2 Å². The Hall–Kier alpha value is -4.21. The quantitative estimate of drug-likeness (QED) is 0.166. The highest BCUT2D eigenvalue weighted by atomic mass is 16.5. The van der Waals surface area contributed by atoms with Crippen molar-refractivity contribution in [2.24, 2.45) is 0 Å². The maximum absolute atomic E-state index is 13.1. The van der Waals surface area contributed by atoms with E-state index in [1.807, 2.05) is 29.2 Å². The number of rotatable bonds is 12. The van der Waals surface area contributed by atoms with Gasteiger partial charge in [-0.3, -0.25) is 4.79 Å². The van der Waals surface area contributed by atoms with Gasteiger partial charge in [-0.1, -0.05) is 12.1 Å². The number of anilines is 1. The number of H-pyrrole nitrogens is 1. The van der Waals surface area contributed by atoms with Crippen LogP contribution in [0.2, 0.25) is 0 Å². The minimum absolute atomic E-state index is 0.0361. The van der Waals surface area contributed by atoms with Crippen LogP contribution in [0.25, 0.3) is 10.9 Å². The van der Waals surface area contributed by atoms with Crippen LogP contribution in [-0.2, 0) is 6.42 Å². The number of nitrogens with zero attached hydrogens (tertiary/aromatic N) is 1. The SMILES string of the molecule is COc1ccc2[nH]c(C(=O)N3CCC(Nc4ccc(CCNC[C@H](O)COc5ccc(O)cc5)cc4)CC3)cc2c1. The Morgan fingerprint density at radius 2 is 1.76 bits per heavy atom. The lowest BCUT2D eigenvalue weighted by atomic mass is 10.0. The lowest BCUT2D eigenvalue weighted by Gasteiger charge is -2.32. The average Bonchev–Trinajstić information content (AvgIpc) is 3.43. The predicted octanol–water partition coefficient (Wildman–Crippen LogP) is 4.17. The van der Waals surface area contributed by atoms with Gasteiger partial charge in [0.05, 0.1) is 7.11 Å². The third-order valence-corrected chi connectivity index (χ3v) is 7.41. The number of amides is 1. The number of hydrogen-bond acceptors (Lipinski definition) is 7. The molecule has 0 bridgehead atoms. The smallest absolute Gasteiger partial charge is 0.270 e. The van der Waals surface area contributed by atoms with Crippen LogP contribution in [-0.4, -0.2) is 78.0 Å². The van der Waals surface area contributed by atoms with E-state index in [0.29, 0.717) is 37.1 Å². The van der Waals surface area contributed by atoms with Crippen molar-refractivity contribution in [2.75, 3.05) is 45.2 Å². The molecule has 0 aliphatic carbocycles. The Morgan fingerprint density at radius 1 is 1.02 bits per heavy atom. The van der Waals surface area contributed by atoms with Gasteiger partial charge in [0, 0.05) is 42.3 Å². The number of piperidine rings is 1. The molecule has 0 spiro atoms. The summed E-state index contributed by atoms with van der Waals surface area (Å²) in [7, 11) is 1.64. The van der Waals surface area contributed by atoms with Crippen LogP contribution >= 0.6 is 0 Å². The van der Waals surface area contributed by atoms with Crippen LogP contribution in [0.15, 0.2) is 72.8 Å². The normalized spacial score (nSPS) is 14.6. The Bertz CT molecular complexity index is 1410. The van der Waals surface area contributed by atoms with Crippen LogP contribution in [0.1, 0.15) is 28.9 Å². The molecule has 2 heterocycles. The molecule has 4 aromatic rings. The van der Waals surface area contributed by atoms with Crippen LogP contribution in [0.3, 0.4) is 0 Å². The van der Waals surface area contributed by atoms with Crippen LogP contribution in [0.4, 0.5) is 5.69 Å². The molecule has 1 aliphatic rings. The van der Waals surface area contributed by atoms with Gasteiger partial charge < -0.3 is 40.2 Å². The number of fused-ring (bicyclic) bond motifs is 1. The van der Waals surface area contributed by atoms with Crippen molar-refractivity contribution in [1.29, 1.82) is 0 Å². The molecule has 9 nitrogen and oxygen atoms in total. The third-order valence-electron chi connectivity index (χ3n) is 7.41. The molecular formula is C32H38N4O5. The first-order valence-corrected chi connectivity index (χ1v) is 14.1.